The summed E-state index contributed by atoms with van der Waals surface area (Å²) in [5.41, 5.74) is 1.04. The molecule has 0 aliphatic carbocycles. The van der Waals surface area contributed by atoms with Crippen LogP contribution in [0.3, 0.4) is 0 Å². The number of hydrogen-bond acceptors (Lipinski definition) is 2. The van der Waals surface area contributed by atoms with Crippen LogP contribution >= 0.6 is 0 Å². The van der Waals surface area contributed by atoms with Gasteiger partial charge in [0.15, 0.2) is 0 Å². The van der Waals surface area contributed by atoms with Crippen LogP contribution in [0, 0.1) is 0 Å². The third kappa shape index (κ3) is 3.12. The van der Waals surface area contributed by atoms with Gasteiger partial charge in [-0.1, -0.05) is 37.3 Å². The molecule has 1 aliphatic rings. The van der Waals surface area contributed by atoms with Crippen molar-refractivity contribution in [1.29, 1.82) is 0 Å². The maximum absolute atomic E-state index is 10.2. The van der Waals surface area contributed by atoms with Crippen LogP contribution in [-0.4, -0.2) is 28.6 Å². The second-order valence-electron chi connectivity index (χ2n) is 5.44. The number of aliphatic hydroxyl groups is 1. The van der Waals surface area contributed by atoms with E-state index >= 15 is 0 Å². The highest BCUT2D eigenvalue weighted by Crippen LogP contribution is 2.27. The second-order valence-corrected chi connectivity index (χ2v) is 5.44. The highest BCUT2D eigenvalue weighted by molar-refractivity contribution is 5.17. The highest BCUT2D eigenvalue weighted by Gasteiger charge is 2.29. The van der Waals surface area contributed by atoms with E-state index in [4.69, 9.17) is 0 Å². The van der Waals surface area contributed by atoms with E-state index in [-0.39, 0.29) is 6.10 Å². The lowest BCUT2D eigenvalue weighted by molar-refractivity contribution is 0.123. The van der Waals surface area contributed by atoms with Gasteiger partial charge < -0.3 is 5.11 Å². The van der Waals surface area contributed by atoms with E-state index in [0.717, 1.165) is 24.6 Å². The van der Waals surface area contributed by atoms with Crippen molar-refractivity contribution in [2.45, 2.75) is 57.7 Å². The molecule has 1 aliphatic heterocycles. The van der Waals surface area contributed by atoms with E-state index in [1.165, 1.54) is 19.3 Å². The largest absolute Gasteiger partial charge is 0.388 e. The third-order valence-electron chi connectivity index (χ3n) is 4.27. The SMILES string of the molecule is CCC1CCC(C)N1CCC(O)c1ccccc1. The van der Waals surface area contributed by atoms with Crippen molar-refractivity contribution in [3.05, 3.63) is 35.9 Å². The van der Waals surface area contributed by atoms with Crippen molar-refractivity contribution in [3.8, 4) is 0 Å². The Morgan fingerprint density at radius 3 is 2.67 bits per heavy atom. The summed E-state index contributed by atoms with van der Waals surface area (Å²) in [6.07, 6.45) is 4.37. The Bertz CT molecular complexity index is 351. The summed E-state index contributed by atoms with van der Waals surface area (Å²) >= 11 is 0. The minimum absolute atomic E-state index is 0.323. The van der Waals surface area contributed by atoms with Crippen LogP contribution in [0.15, 0.2) is 30.3 Å². The normalized spacial score (nSPS) is 26.4. The molecule has 2 heteroatoms. The van der Waals surface area contributed by atoms with Crippen LogP contribution in [-0.2, 0) is 0 Å². The van der Waals surface area contributed by atoms with E-state index in [9.17, 15) is 5.11 Å². The molecule has 1 heterocycles. The fourth-order valence-electron chi connectivity index (χ4n) is 3.08. The van der Waals surface area contributed by atoms with E-state index < -0.39 is 0 Å². The molecule has 1 fully saturated rings. The molecule has 0 aromatic heterocycles. The first kappa shape index (κ1) is 13.6. The minimum Gasteiger partial charge on any atom is -0.388 e. The number of rotatable bonds is 5. The Balaban J connectivity index is 1.87. The minimum atomic E-state index is -0.323. The summed E-state index contributed by atoms with van der Waals surface area (Å²) in [6, 6.07) is 11.4. The molecule has 1 aromatic rings. The molecule has 1 N–H and O–H groups in total. The van der Waals surface area contributed by atoms with Gasteiger partial charge in [-0.25, -0.2) is 0 Å². The molecular weight excluding hydrogens is 222 g/mol. The van der Waals surface area contributed by atoms with Gasteiger partial charge in [-0.15, -0.1) is 0 Å². The number of benzene rings is 1. The smallest absolute Gasteiger partial charge is 0.0802 e. The summed E-state index contributed by atoms with van der Waals surface area (Å²) in [5, 5.41) is 10.2. The zero-order chi connectivity index (χ0) is 13.0. The maximum Gasteiger partial charge on any atom is 0.0802 e. The molecule has 0 saturated carbocycles. The number of aliphatic hydroxyl groups excluding tert-OH is 1. The predicted octanol–water partition coefficient (Wildman–Crippen LogP) is 3.37. The summed E-state index contributed by atoms with van der Waals surface area (Å²) in [7, 11) is 0. The fraction of sp³-hybridized carbons (Fsp3) is 0.625. The van der Waals surface area contributed by atoms with Crippen LogP contribution in [0.1, 0.15) is 51.2 Å². The number of nitrogens with zero attached hydrogens (tertiary/aromatic N) is 1. The van der Waals surface area contributed by atoms with Gasteiger partial charge in [-0.3, -0.25) is 4.90 Å². The van der Waals surface area contributed by atoms with E-state index in [0.29, 0.717) is 6.04 Å². The molecule has 0 spiro atoms. The van der Waals surface area contributed by atoms with Crippen LogP contribution in [0.25, 0.3) is 0 Å². The predicted molar refractivity (Wildman–Crippen MR) is 75.5 cm³/mol. The van der Waals surface area contributed by atoms with Gasteiger partial charge in [0.25, 0.3) is 0 Å². The Labute approximate surface area is 111 Å². The second kappa shape index (κ2) is 6.35. The monoisotopic (exact) mass is 247 g/mol. The first-order valence-corrected chi connectivity index (χ1v) is 7.21. The molecule has 18 heavy (non-hydrogen) atoms. The number of likely N-dealkylation sites (tertiary alicyclic amines) is 1. The van der Waals surface area contributed by atoms with E-state index in [1.54, 1.807) is 0 Å². The Morgan fingerprint density at radius 1 is 1.28 bits per heavy atom. The molecular formula is C16H25NO. The molecule has 0 radical (unpaired) electrons. The molecule has 0 bridgehead atoms. The van der Waals surface area contributed by atoms with Crippen LogP contribution in [0.5, 0.6) is 0 Å². The fourth-order valence-corrected chi connectivity index (χ4v) is 3.08. The van der Waals surface area contributed by atoms with Crippen molar-refractivity contribution in [2.24, 2.45) is 0 Å². The van der Waals surface area contributed by atoms with Gasteiger partial charge >= 0.3 is 0 Å². The summed E-state index contributed by atoms with van der Waals surface area (Å²) in [4.78, 5) is 2.58. The quantitative estimate of drug-likeness (QED) is 0.862. The zero-order valence-electron chi connectivity index (χ0n) is 11.5. The Morgan fingerprint density at radius 2 is 2.00 bits per heavy atom. The first-order chi connectivity index (χ1) is 8.72. The van der Waals surface area contributed by atoms with Crippen molar-refractivity contribution in [3.63, 3.8) is 0 Å². The average Bonchev–Trinajstić information content (AvgIpc) is 2.77. The Kier molecular flexibility index (Phi) is 4.79. The molecule has 0 amide bonds. The highest BCUT2D eigenvalue weighted by atomic mass is 16.3. The van der Waals surface area contributed by atoms with Crippen LogP contribution < -0.4 is 0 Å². The molecule has 100 valence electrons. The standard InChI is InChI=1S/C16H25NO/c1-3-15-10-9-13(2)17(15)12-11-16(18)14-7-5-4-6-8-14/h4-8,13,15-16,18H,3,9-12H2,1-2H3. The van der Waals surface area contributed by atoms with Crippen molar-refractivity contribution in [1.82, 2.24) is 4.90 Å². The first-order valence-electron chi connectivity index (χ1n) is 7.21. The van der Waals surface area contributed by atoms with Crippen molar-refractivity contribution in [2.75, 3.05) is 6.54 Å². The van der Waals surface area contributed by atoms with Gasteiger partial charge in [0.05, 0.1) is 6.10 Å². The van der Waals surface area contributed by atoms with Crippen LogP contribution in [0.4, 0.5) is 0 Å². The molecule has 2 rings (SSSR count). The molecule has 2 nitrogen and oxygen atoms in total. The molecule has 1 aromatic carbocycles. The summed E-state index contributed by atoms with van der Waals surface area (Å²) in [5.74, 6) is 0. The van der Waals surface area contributed by atoms with Gasteiger partial charge in [0.1, 0.15) is 0 Å². The van der Waals surface area contributed by atoms with Gasteiger partial charge in [0.2, 0.25) is 0 Å². The lowest BCUT2D eigenvalue weighted by Crippen LogP contribution is -2.35. The number of hydrogen-bond donors (Lipinski definition) is 1. The lowest BCUT2D eigenvalue weighted by Gasteiger charge is -2.28. The molecule has 3 atom stereocenters. The summed E-state index contributed by atoms with van der Waals surface area (Å²) < 4.78 is 0. The Hall–Kier alpha value is -0.860. The third-order valence-corrected chi connectivity index (χ3v) is 4.27. The van der Waals surface area contributed by atoms with E-state index in [1.807, 2.05) is 30.3 Å². The van der Waals surface area contributed by atoms with Gasteiger partial charge in [0, 0.05) is 18.6 Å². The zero-order valence-corrected chi connectivity index (χ0v) is 11.5. The molecule has 1 saturated heterocycles. The van der Waals surface area contributed by atoms with Gasteiger partial charge in [-0.05, 0) is 38.2 Å². The van der Waals surface area contributed by atoms with E-state index in [2.05, 4.69) is 18.7 Å². The molecule has 3 unspecified atom stereocenters. The van der Waals surface area contributed by atoms with Crippen LogP contribution in [0.2, 0.25) is 0 Å². The van der Waals surface area contributed by atoms with Crippen molar-refractivity contribution >= 4 is 0 Å². The van der Waals surface area contributed by atoms with Crippen molar-refractivity contribution < 1.29 is 5.11 Å². The maximum atomic E-state index is 10.2. The summed E-state index contributed by atoms with van der Waals surface area (Å²) in [6.45, 7) is 5.59. The lowest BCUT2D eigenvalue weighted by atomic mass is 10.1. The van der Waals surface area contributed by atoms with Gasteiger partial charge in [-0.2, -0.15) is 0 Å². The topological polar surface area (TPSA) is 23.5 Å². The average molecular weight is 247 g/mol.